The summed E-state index contributed by atoms with van der Waals surface area (Å²) in [6, 6.07) is 9.08. The van der Waals surface area contributed by atoms with Gasteiger partial charge < -0.3 is 10.0 Å². The zero-order valence-electron chi connectivity index (χ0n) is 13.8. The molecular formula is C18H30N2O. The zero-order valence-corrected chi connectivity index (χ0v) is 13.8. The van der Waals surface area contributed by atoms with Gasteiger partial charge in [0.05, 0.1) is 6.10 Å². The Labute approximate surface area is 129 Å². The topological polar surface area (TPSA) is 26.7 Å². The molecule has 1 aromatic rings. The first-order valence-electron chi connectivity index (χ1n) is 8.25. The molecule has 2 atom stereocenters. The SMILES string of the molecule is CCCc1ccc(C(O)CN2CCCC2CN(C)C)cc1. The van der Waals surface area contributed by atoms with Gasteiger partial charge in [0.25, 0.3) is 0 Å². The summed E-state index contributed by atoms with van der Waals surface area (Å²) in [5.41, 5.74) is 2.41. The Morgan fingerprint density at radius 3 is 2.62 bits per heavy atom. The van der Waals surface area contributed by atoms with E-state index in [4.69, 9.17) is 0 Å². The van der Waals surface area contributed by atoms with E-state index in [9.17, 15) is 5.11 Å². The molecule has 0 radical (unpaired) electrons. The van der Waals surface area contributed by atoms with Crippen LogP contribution < -0.4 is 0 Å². The molecule has 3 heteroatoms. The third-order valence-electron chi connectivity index (χ3n) is 4.39. The summed E-state index contributed by atoms with van der Waals surface area (Å²) in [5, 5.41) is 10.5. The van der Waals surface area contributed by atoms with Crippen LogP contribution in [-0.2, 0) is 6.42 Å². The molecule has 3 nitrogen and oxygen atoms in total. The molecule has 0 aliphatic carbocycles. The largest absolute Gasteiger partial charge is 0.387 e. The van der Waals surface area contributed by atoms with Crippen molar-refractivity contribution in [3.63, 3.8) is 0 Å². The molecule has 21 heavy (non-hydrogen) atoms. The summed E-state index contributed by atoms with van der Waals surface area (Å²) < 4.78 is 0. The normalized spacial score (nSPS) is 21.1. The molecule has 1 heterocycles. The van der Waals surface area contributed by atoms with Crippen LogP contribution in [0.5, 0.6) is 0 Å². The van der Waals surface area contributed by atoms with Gasteiger partial charge in [-0.2, -0.15) is 0 Å². The number of rotatable bonds is 7. The van der Waals surface area contributed by atoms with E-state index in [0.29, 0.717) is 6.04 Å². The minimum Gasteiger partial charge on any atom is -0.387 e. The van der Waals surface area contributed by atoms with Gasteiger partial charge in [-0.15, -0.1) is 0 Å². The molecular weight excluding hydrogens is 260 g/mol. The predicted molar refractivity (Wildman–Crippen MR) is 88.5 cm³/mol. The number of aryl methyl sites for hydroxylation is 1. The van der Waals surface area contributed by atoms with Gasteiger partial charge in [0.1, 0.15) is 0 Å². The fraction of sp³-hybridized carbons (Fsp3) is 0.667. The molecule has 0 amide bonds. The lowest BCUT2D eigenvalue weighted by molar-refractivity contribution is 0.0980. The lowest BCUT2D eigenvalue weighted by Gasteiger charge is -2.29. The van der Waals surface area contributed by atoms with Gasteiger partial charge in [-0.1, -0.05) is 37.6 Å². The van der Waals surface area contributed by atoms with Gasteiger partial charge in [-0.05, 0) is 51.0 Å². The van der Waals surface area contributed by atoms with E-state index in [1.54, 1.807) is 0 Å². The number of β-amino-alcohol motifs (C(OH)–C–C–N with tert-alkyl or cyclic N) is 1. The van der Waals surface area contributed by atoms with Crippen LogP contribution in [0.25, 0.3) is 0 Å². The Bertz CT molecular complexity index is 416. The molecule has 0 bridgehead atoms. The summed E-state index contributed by atoms with van der Waals surface area (Å²) in [6.45, 7) is 5.15. The molecule has 0 spiro atoms. The fourth-order valence-electron chi connectivity index (χ4n) is 3.29. The number of likely N-dealkylation sites (N-methyl/N-ethyl adjacent to an activating group) is 1. The van der Waals surface area contributed by atoms with Gasteiger partial charge in [-0.25, -0.2) is 0 Å². The number of nitrogens with zero attached hydrogens (tertiary/aromatic N) is 2. The highest BCUT2D eigenvalue weighted by Gasteiger charge is 2.26. The summed E-state index contributed by atoms with van der Waals surface area (Å²) in [5.74, 6) is 0. The number of hydrogen-bond acceptors (Lipinski definition) is 3. The fourth-order valence-corrected chi connectivity index (χ4v) is 3.29. The van der Waals surface area contributed by atoms with E-state index in [1.165, 1.54) is 24.8 Å². The lowest BCUT2D eigenvalue weighted by atomic mass is 10.0. The first kappa shape index (κ1) is 16.5. The van der Waals surface area contributed by atoms with Crippen LogP contribution >= 0.6 is 0 Å². The predicted octanol–water partition coefficient (Wildman–Crippen LogP) is 2.70. The molecule has 1 N–H and O–H groups in total. The molecule has 1 aliphatic heterocycles. The highest BCUT2D eigenvalue weighted by Crippen LogP contribution is 2.22. The third-order valence-corrected chi connectivity index (χ3v) is 4.39. The number of aliphatic hydroxyl groups is 1. The van der Waals surface area contributed by atoms with Crippen molar-refractivity contribution in [3.05, 3.63) is 35.4 Å². The summed E-state index contributed by atoms with van der Waals surface area (Å²) in [7, 11) is 4.25. The number of likely N-dealkylation sites (tertiary alicyclic amines) is 1. The van der Waals surface area contributed by atoms with Crippen LogP contribution in [0.1, 0.15) is 43.4 Å². The van der Waals surface area contributed by atoms with E-state index < -0.39 is 0 Å². The molecule has 1 fully saturated rings. The zero-order chi connectivity index (χ0) is 15.2. The van der Waals surface area contributed by atoms with Gasteiger partial charge in [0, 0.05) is 19.1 Å². The Hall–Kier alpha value is -0.900. The lowest BCUT2D eigenvalue weighted by Crippen LogP contribution is -2.39. The quantitative estimate of drug-likeness (QED) is 0.836. The average molecular weight is 290 g/mol. The van der Waals surface area contributed by atoms with Crippen molar-refractivity contribution in [1.82, 2.24) is 9.80 Å². The van der Waals surface area contributed by atoms with Crippen molar-refractivity contribution in [3.8, 4) is 0 Å². The second-order valence-corrected chi connectivity index (χ2v) is 6.56. The molecule has 0 saturated carbocycles. The van der Waals surface area contributed by atoms with E-state index >= 15 is 0 Å². The second kappa shape index (κ2) is 7.92. The maximum atomic E-state index is 10.5. The molecule has 0 aromatic heterocycles. The van der Waals surface area contributed by atoms with Gasteiger partial charge >= 0.3 is 0 Å². The van der Waals surface area contributed by atoms with Crippen LogP contribution in [0.4, 0.5) is 0 Å². The van der Waals surface area contributed by atoms with Crippen molar-refractivity contribution < 1.29 is 5.11 Å². The molecule has 1 saturated heterocycles. The number of aliphatic hydroxyl groups excluding tert-OH is 1. The number of benzene rings is 1. The van der Waals surface area contributed by atoms with Crippen LogP contribution in [0.3, 0.4) is 0 Å². The summed E-state index contributed by atoms with van der Waals surface area (Å²) in [4.78, 5) is 4.69. The van der Waals surface area contributed by atoms with E-state index in [2.05, 4.69) is 55.1 Å². The van der Waals surface area contributed by atoms with Gasteiger partial charge in [0.15, 0.2) is 0 Å². The number of hydrogen-bond donors (Lipinski definition) is 1. The van der Waals surface area contributed by atoms with Gasteiger partial charge in [-0.3, -0.25) is 4.90 Å². The molecule has 2 rings (SSSR count). The van der Waals surface area contributed by atoms with Gasteiger partial charge in [0.2, 0.25) is 0 Å². The van der Waals surface area contributed by atoms with E-state index in [-0.39, 0.29) is 6.10 Å². The van der Waals surface area contributed by atoms with Crippen molar-refractivity contribution in [2.45, 2.75) is 44.8 Å². The Morgan fingerprint density at radius 1 is 1.29 bits per heavy atom. The van der Waals surface area contributed by atoms with E-state index in [1.807, 2.05) is 0 Å². The minimum absolute atomic E-state index is 0.372. The second-order valence-electron chi connectivity index (χ2n) is 6.56. The summed E-state index contributed by atoms with van der Waals surface area (Å²) in [6.07, 6.45) is 4.42. The molecule has 1 aromatic carbocycles. The molecule has 2 unspecified atom stereocenters. The van der Waals surface area contributed by atoms with Crippen LogP contribution in [0.15, 0.2) is 24.3 Å². The highest BCUT2D eigenvalue weighted by atomic mass is 16.3. The van der Waals surface area contributed by atoms with Crippen molar-refractivity contribution in [2.24, 2.45) is 0 Å². The van der Waals surface area contributed by atoms with Crippen molar-refractivity contribution in [1.29, 1.82) is 0 Å². The first-order valence-corrected chi connectivity index (χ1v) is 8.25. The van der Waals surface area contributed by atoms with E-state index in [0.717, 1.165) is 31.6 Å². The smallest absolute Gasteiger partial charge is 0.0917 e. The van der Waals surface area contributed by atoms with Crippen molar-refractivity contribution in [2.75, 3.05) is 33.7 Å². The highest BCUT2D eigenvalue weighted by molar-refractivity contribution is 5.24. The summed E-state index contributed by atoms with van der Waals surface area (Å²) >= 11 is 0. The van der Waals surface area contributed by atoms with Crippen LogP contribution in [0.2, 0.25) is 0 Å². The maximum Gasteiger partial charge on any atom is 0.0917 e. The minimum atomic E-state index is -0.372. The van der Waals surface area contributed by atoms with Crippen LogP contribution in [-0.4, -0.2) is 54.7 Å². The standard InChI is InChI=1S/C18H30N2O/c1-4-6-15-8-10-16(11-9-15)18(21)14-20-12-5-7-17(20)13-19(2)3/h8-11,17-18,21H,4-7,12-14H2,1-3H3. The Morgan fingerprint density at radius 2 is 2.00 bits per heavy atom. The van der Waals surface area contributed by atoms with Crippen molar-refractivity contribution >= 4 is 0 Å². The Kier molecular flexibility index (Phi) is 6.22. The van der Waals surface area contributed by atoms with Crippen LogP contribution in [0, 0.1) is 0 Å². The molecule has 1 aliphatic rings. The maximum absolute atomic E-state index is 10.5. The Balaban J connectivity index is 1.92. The third kappa shape index (κ3) is 4.80. The monoisotopic (exact) mass is 290 g/mol. The molecule has 118 valence electrons. The first-order chi connectivity index (χ1) is 10.1. The average Bonchev–Trinajstić information content (AvgIpc) is 2.86.